The molecule has 8 nitrogen and oxygen atoms in total. The largest absolute Gasteiger partial charge is 0.485 e. The van der Waals surface area contributed by atoms with Crippen LogP contribution in [0.5, 0.6) is 5.75 Å². The number of ether oxygens (including phenoxy) is 2. The summed E-state index contributed by atoms with van der Waals surface area (Å²) in [6, 6.07) is 16.6. The normalized spacial score (nSPS) is 12.0. The predicted molar refractivity (Wildman–Crippen MR) is 136 cm³/mol. The van der Waals surface area contributed by atoms with Gasteiger partial charge in [0.15, 0.2) is 5.75 Å². The number of carbonyl (C=O) groups excluding carboxylic acids is 1. The van der Waals surface area contributed by atoms with Crippen LogP contribution in [-0.2, 0) is 16.0 Å². The number of carbonyl (C=O) groups is 1. The zero-order valence-corrected chi connectivity index (χ0v) is 19.8. The average molecular weight is 474 g/mol. The monoisotopic (exact) mass is 473 g/mol. The lowest BCUT2D eigenvalue weighted by Gasteiger charge is -2.22. The third-order valence-corrected chi connectivity index (χ3v) is 5.44. The molecule has 180 valence electrons. The first-order valence-electron chi connectivity index (χ1n) is 11.5. The molecule has 0 amide bonds. The van der Waals surface area contributed by atoms with Crippen molar-refractivity contribution in [2.24, 2.45) is 0 Å². The second-order valence-electron chi connectivity index (χ2n) is 8.38. The van der Waals surface area contributed by atoms with Crippen LogP contribution in [0.3, 0.4) is 0 Å². The van der Waals surface area contributed by atoms with Crippen LogP contribution >= 0.6 is 0 Å². The minimum absolute atomic E-state index is 0.0158. The van der Waals surface area contributed by atoms with E-state index in [1.165, 1.54) is 0 Å². The zero-order chi connectivity index (χ0) is 24.9. The molecule has 4 aromatic rings. The highest BCUT2D eigenvalue weighted by Crippen LogP contribution is 2.25. The highest BCUT2D eigenvalue weighted by atomic mass is 16.5. The van der Waals surface area contributed by atoms with Crippen molar-refractivity contribution in [2.45, 2.75) is 39.3 Å². The van der Waals surface area contributed by atoms with E-state index in [1.807, 2.05) is 54.6 Å². The van der Waals surface area contributed by atoms with E-state index in [4.69, 9.17) is 9.47 Å². The Balaban J connectivity index is 1.51. The van der Waals surface area contributed by atoms with E-state index in [-0.39, 0.29) is 30.6 Å². The van der Waals surface area contributed by atoms with E-state index in [0.29, 0.717) is 0 Å². The van der Waals surface area contributed by atoms with Crippen molar-refractivity contribution in [1.82, 2.24) is 4.98 Å². The van der Waals surface area contributed by atoms with E-state index in [2.05, 4.69) is 15.6 Å². The molecule has 2 N–H and O–H groups in total. The fourth-order valence-corrected chi connectivity index (χ4v) is 3.78. The van der Waals surface area contributed by atoms with Crippen LogP contribution in [0.15, 0.2) is 70.4 Å². The molecule has 1 aromatic heterocycles. The van der Waals surface area contributed by atoms with E-state index >= 15 is 0 Å². The Kier molecular flexibility index (Phi) is 7.10. The first-order chi connectivity index (χ1) is 16.9. The maximum atomic E-state index is 12.6. The smallest absolute Gasteiger partial charge is 0.328 e. The van der Waals surface area contributed by atoms with Gasteiger partial charge in [-0.25, -0.2) is 9.78 Å². The first kappa shape index (κ1) is 23.9. The van der Waals surface area contributed by atoms with Gasteiger partial charge in [0.1, 0.15) is 17.5 Å². The Hall–Kier alpha value is -4.20. The van der Waals surface area contributed by atoms with Crippen LogP contribution in [-0.4, -0.2) is 29.7 Å². The molecule has 0 fully saturated rings. The van der Waals surface area contributed by atoms with Gasteiger partial charge in [-0.1, -0.05) is 36.4 Å². The lowest BCUT2D eigenvalue weighted by molar-refractivity contribution is -0.144. The third kappa shape index (κ3) is 5.32. The van der Waals surface area contributed by atoms with Gasteiger partial charge in [0.2, 0.25) is 0 Å². The van der Waals surface area contributed by atoms with Gasteiger partial charge in [0.05, 0.1) is 12.7 Å². The molecule has 0 saturated heterocycles. The Morgan fingerprint density at radius 3 is 2.46 bits per heavy atom. The minimum atomic E-state index is -0.855. The quantitative estimate of drug-likeness (QED) is 0.263. The summed E-state index contributed by atoms with van der Waals surface area (Å²) in [5.41, 5.74) is 0.311. The average Bonchev–Trinajstić information content (AvgIpc) is 2.86. The van der Waals surface area contributed by atoms with E-state index < -0.39 is 22.9 Å². The number of benzene rings is 2. The van der Waals surface area contributed by atoms with Gasteiger partial charge in [-0.3, -0.25) is 9.59 Å². The number of aromatic nitrogens is 1. The summed E-state index contributed by atoms with van der Waals surface area (Å²) in [6.07, 6.45) is 1.73. The van der Waals surface area contributed by atoms with Crippen molar-refractivity contribution >= 4 is 33.9 Å². The summed E-state index contributed by atoms with van der Waals surface area (Å²) in [7, 11) is 0. The molecular weight excluding hydrogens is 446 g/mol. The topological polar surface area (TPSA) is 107 Å². The van der Waals surface area contributed by atoms with Crippen LogP contribution in [0.1, 0.15) is 26.3 Å². The van der Waals surface area contributed by atoms with Crippen molar-refractivity contribution in [1.29, 1.82) is 0 Å². The molecule has 0 unspecified atom stereocenters. The van der Waals surface area contributed by atoms with Crippen LogP contribution in [0.2, 0.25) is 0 Å². The number of esters is 1. The molecule has 0 radical (unpaired) electrons. The zero-order valence-electron chi connectivity index (χ0n) is 19.8. The molecule has 0 saturated carbocycles. The van der Waals surface area contributed by atoms with Gasteiger partial charge >= 0.3 is 5.97 Å². The molecular formula is C27H27N3O5. The van der Waals surface area contributed by atoms with Gasteiger partial charge in [0, 0.05) is 23.7 Å². The van der Waals surface area contributed by atoms with Crippen molar-refractivity contribution in [3.8, 4) is 5.75 Å². The van der Waals surface area contributed by atoms with Crippen molar-refractivity contribution < 1.29 is 14.3 Å². The molecule has 1 heterocycles. The Bertz CT molecular complexity index is 1400. The summed E-state index contributed by atoms with van der Waals surface area (Å²) < 4.78 is 10.6. The summed E-state index contributed by atoms with van der Waals surface area (Å²) in [6.45, 7) is 5.42. The molecule has 0 aliphatic rings. The summed E-state index contributed by atoms with van der Waals surface area (Å²) in [5, 5.41) is 8.31. The molecule has 0 bridgehead atoms. The Morgan fingerprint density at radius 1 is 1.00 bits per heavy atom. The Labute approximate surface area is 202 Å². The molecule has 4 rings (SSSR count). The number of hydrogen-bond acceptors (Lipinski definition) is 8. The number of fused-ring (bicyclic) bond motifs is 1. The van der Waals surface area contributed by atoms with Crippen molar-refractivity contribution in [3.05, 3.63) is 86.8 Å². The predicted octanol–water partition coefficient (Wildman–Crippen LogP) is 3.95. The molecule has 0 spiro atoms. The standard InChI is InChI=1S/C27H27N3O5/c1-4-34-27(33)21(30-22-23(31)24(32)25(22)35-16(2)3)15-17-9-11-19(12-10-17)29-26-20-8-6-5-7-18(20)13-14-28-26/h5-14,16,21,30H,4,15H2,1-3H3,(H,28,29)/t21-/m0/s1. The fraction of sp³-hybridized carbons (Fsp3) is 0.259. The Morgan fingerprint density at radius 2 is 1.74 bits per heavy atom. The van der Waals surface area contributed by atoms with Gasteiger partial charge in [-0.05, 0) is 49.9 Å². The van der Waals surface area contributed by atoms with E-state index in [0.717, 1.165) is 27.8 Å². The molecule has 35 heavy (non-hydrogen) atoms. The number of anilines is 3. The van der Waals surface area contributed by atoms with E-state index in [9.17, 15) is 14.4 Å². The molecule has 1 atom stereocenters. The maximum Gasteiger partial charge on any atom is 0.328 e. The number of rotatable bonds is 10. The van der Waals surface area contributed by atoms with E-state index in [1.54, 1.807) is 27.0 Å². The highest BCUT2D eigenvalue weighted by Gasteiger charge is 2.29. The lowest BCUT2D eigenvalue weighted by atomic mass is 10.0. The molecule has 8 heteroatoms. The minimum Gasteiger partial charge on any atom is -0.485 e. The first-order valence-corrected chi connectivity index (χ1v) is 11.5. The summed E-state index contributed by atoms with van der Waals surface area (Å²) in [5.74, 6) is 0.194. The molecule has 0 aliphatic carbocycles. The van der Waals surface area contributed by atoms with Crippen molar-refractivity contribution in [2.75, 3.05) is 17.2 Å². The summed E-state index contributed by atoms with van der Waals surface area (Å²) in [4.78, 5) is 41.1. The number of hydrogen-bond donors (Lipinski definition) is 2. The van der Waals surface area contributed by atoms with Crippen LogP contribution in [0, 0.1) is 0 Å². The number of nitrogens with zero attached hydrogens (tertiary/aromatic N) is 1. The second kappa shape index (κ2) is 10.4. The van der Waals surface area contributed by atoms with Crippen molar-refractivity contribution in [3.63, 3.8) is 0 Å². The number of pyridine rings is 1. The van der Waals surface area contributed by atoms with Gasteiger partial charge in [-0.2, -0.15) is 0 Å². The van der Waals surface area contributed by atoms with Gasteiger partial charge < -0.3 is 20.1 Å². The van der Waals surface area contributed by atoms with Gasteiger partial charge in [0.25, 0.3) is 10.9 Å². The SMILES string of the molecule is CCOC(=O)[C@H](Cc1ccc(Nc2nccc3ccccc23)cc1)Nc1c(OC(C)C)c(=O)c1=O. The molecule has 3 aromatic carbocycles. The van der Waals surface area contributed by atoms with Crippen LogP contribution < -0.4 is 26.2 Å². The maximum absolute atomic E-state index is 12.6. The van der Waals surface area contributed by atoms with Gasteiger partial charge in [-0.15, -0.1) is 0 Å². The lowest BCUT2D eigenvalue weighted by Crippen LogP contribution is -2.42. The highest BCUT2D eigenvalue weighted by molar-refractivity contribution is 5.93. The second-order valence-corrected chi connectivity index (χ2v) is 8.38. The number of nitrogens with one attached hydrogen (secondary N) is 2. The van der Waals surface area contributed by atoms with Crippen LogP contribution in [0.4, 0.5) is 17.2 Å². The van der Waals surface area contributed by atoms with Crippen LogP contribution in [0.25, 0.3) is 10.8 Å². The fourth-order valence-electron chi connectivity index (χ4n) is 3.78. The third-order valence-electron chi connectivity index (χ3n) is 5.44. The molecule has 0 aliphatic heterocycles. The summed E-state index contributed by atoms with van der Waals surface area (Å²) >= 11 is 0.